The van der Waals surface area contributed by atoms with Gasteiger partial charge in [-0.2, -0.15) is 0 Å². The van der Waals surface area contributed by atoms with E-state index in [-0.39, 0.29) is 5.82 Å². The molecule has 0 aliphatic heterocycles. The Balaban J connectivity index is 2.02. The van der Waals surface area contributed by atoms with Crippen LogP contribution in [0.2, 0.25) is 0 Å². The monoisotopic (exact) mass is 233 g/mol. The molecule has 0 spiro atoms. The van der Waals surface area contributed by atoms with Gasteiger partial charge in [0, 0.05) is 25.5 Å². The fourth-order valence-electron chi connectivity index (χ4n) is 1.76. The second-order valence-corrected chi connectivity index (χ2v) is 3.82. The van der Waals surface area contributed by atoms with Crippen molar-refractivity contribution in [3.63, 3.8) is 0 Å². The van der Waals surface area contributed by atoms with Crippen LogP contribution in [0.5, 0.6) is 0 Å². The standard InChI is InChI=1S/C13H16FN3/c1-2-15-13-16-8-10-17(13)9-7-11-5-3-4-6-12(11)14/h3-6,8,10H,2,7,9H2,1H3,(H,15,16). The van der Waals surface area contributed by atoms with Crippen molar-refractivity contribution in [1.29, 1.82) is 0 Å². The molecule has 0 bridgehead atoms. The fourth-order valence-corrected chi connectivity index (χ4v) is 1.76. The molecule has 90 valence electrons. The third-order valence-corrected chi connectivity index (χ3v) is 2.63. The van der Waals surface area contributed by atoms with Crippen LogP contribution in [0.15, 0.2) is 36.7 Å². The summed E-state index contributed by atoms with van der Waals surface area (Å²) in [6.07, 6.45) is 4.32. The number of halogens is 1. The Kier molecular flexibility index (Phi) is 3.75. The lowest BCUT2D eigenvalue weighted by molar-refractivity contribution is 0.594. The molecule has 4 heteroatoms. The molecule has 1 heterocycles. The molecule has 0 aliphatic carbocycles. The van der Waals surface area contributed by atoms with Gasteiger partial charge in [0.25, 0.3) is 0 Å². The highest BCUT2D eigenvalue weighted by Crippen LogP contribution is 2.10. The highest BCUT2D eigenvalue weighted by molar-refractivity contribution is 5.26. The number of nitrogens with one attached hydrogen (secondary N) is 1. The topological polar surface area (TPSA) is 29.9 Å². The second kappa shape index (κ2) is 5.48. The summed E-state index contributed by atoms with van der Waals surface area (Å²) in [5.41, 5.74) is 0.739. The lowest BCUT2D eigenvalue weighted by atomic mass is 10.1. The number of rotatable bonds is 5. The van der Waals surface area contributed by atoms with Gasteiger partial charge in [-0.05, 0) is 25.0 Å². The van der Waals surface area contributed by atoms with Crippen LogP contribution >= 0.6 is 0 Å². The number of aromatic nitrogens is 2. The third-order valence-electron chi connectivity index (χ3n) is 2.63. The average molecular weight is 233 g/mol. The number of anilines is 1. The average Bonchev–Trinajstić information content (AvgIpc) is 2.76. The molecule has 0 atom stereocenters. The van der Waals surface area contributed by atoms with E-state index in [1.54, 1.807) is 12.3 Å². The van der Waals surface area contributed by atoms with Gasteiger partial charge in [-0.25, -0.2) is 9.37 Å². The first-order valence-electron chi connectivity index (χ1n) is 5.79. The summed E-state index contributed by atoms with van der Waals surface area (Å²) in [4.78, 5) is 4.20. The summed E-state index contributed by atoms with van der Waals surface area (Å²) in [5.74, 6) is 0.696. The molecule has 0 saturated carbocycles. The van der Waals surface area contributed by atoms with Crippen LogP contribution in [0.4, 0.5) is 10.3 Å². The minimum Gasteiger partial charge on any atom is -0.356 e. The Bertz CT molecular complexity index is 479. The maximum Gasteiger partial charge on any atom is 0.202 e. The molecule has 1 aromatic carbocycles. The van der Waals surface area contributed by atoms with Crippen molar-refractivity contribution in [2.75, 3.05) is 11.9 Å². The van der Waals surface area contributed by atoms with Crippen LogP contribution in [0.25, 0.3) is 0 Å². The first-order valence-corrected chi connectivity index (χ1v) is 5.79. The lowest BCUT2D eigenvalue weighted by Gasteiger charge is -2.08. The molecule has 0 fully saturated rings. The van der Waals surface area contributed by atoms with Crippen molar-refractivity contribution in [2.45, 2.75) is 19.9 Å². The van der Waals surface area contributed by atoms with Crippen LogP contribution in [0.1, 0.15) is 12.5 Å². The Labute approximate surface area is 100 Å². The largest absolute Gasteiger partial charge is 0.356 e. The molecule has 2 rings (SSSR count). The molecule has 0 amide bonds. The first kappa shape index (κ1) is 11.6. The van der Waals surface area contributed by atoms with Gasteiger partial charge in [-0.1, -0.05) is 18.2 Å². The van der Waals surface area contributed by atoms with Crippen LogP contribution in [0, 0.1) is 5.82 Å². The molecule has 1 aromatic heterocycles. The number of hydrogen-bond acceptors (Lipinski definition) is 2. The fraction of sp³-hybridized carbons (Fsp3) is 0.308. The number of hydrogen-bond donors (Lipinski definition) is 1. The van der Waals surface area contributed by atoms with Gasteiger partial charge in [0.05, 0.1) is 0 Å². The zero-order chi connectivity index (χ0) is 12.1. The second-order valence-electron chi connectivity index (χ2n) is 3.82. The molecule has 0 saturated heterocycles. The third kappa shape index (κ3) is 2.84. The minimum atomic E-state index is -0.141. The van der Waals surface area contributed by atoms with Gasteiger partial charge in [0.1, 0.15) is 5.82 Å². The first-order chi connectivity index (χ1) is 8.31. The van der Waals surface area contributed by atoms with Gasteiger partial charge in [-0.15, -0.1) is 0 Å². The van der Waals surface area contributed by atoms with Crippen molar-refractivity contribution in [3.8, 4) is 0 Å². The van der Waals surface area contributed by atoms with Crippen molar-refractivity contribution < 1.29 is 4.39 Å². The van der Waals surface area contributed by atoms with E-state index in [2.05, 4.69) is 10.3 Å². The quantitative estimate of drug-likeness (QED) is 0.860. The van der Waals surface area contributed by atoms with Crippen LogP contribution in [-0.4, -0.2) is 16.1 Å². The molecule has 0 aliphatic rings. The predicted molar refractivity (Wildman–Crippen MR) is 66.5 cm³/mol. The van der Waals surface area contributed by atoms with Crippen molar-refractivity contribution in [1.82, 2.24) is 9.55 Å². The van der Waals surface area contributed by atoms with Crippen molar-refractivity contribution >= 4 is 5.95 Å². The summed E-state index contributed by atoms with van der Waals surface area (Å²) in [7, 11) is 0. The summed E-state index contributed by atoms with van der Waals surface area (Å²) in [6, 6.07) is 6.88. The summed E-state index contributed by atoms with van der Waals surface area (Å²) < 4.78 is 15.4. The van der Waals surface area contributed by atoms with Crippen molar-refractivity contribution in [3.05, 3.63) is 48.0 Å². The number of imidazole rings is 1. The van der Waals surface area contributed by atoms with Gasteiger partial charge >= 0.3 is 0 Å². The van der Waals surface area contributed by atoms with Gasteiger partial charge in [-0.3, -0.25) is 0 Å². The summed E-state index contributed by atoms with van der Waals surface area (Å²) in [5, 5.41) is 3.17. The maximum absolute atomic E-state index is 13.4. The highest BCUT2D eigenvalue weighted by atomic mass is 19.1. The zero-order valence-corrected chi connectivity index (χ0v) is 9.86. The number of aryl methyl sites for hydroxylation is 2. The summed E-state index contributed by atoms with van der Waals surface area (Å²) >= 11 is 0. The summed E-state index contributed by atoms with van der Waals surface area (Å²) in [6.45, 7) is 3.58. The van der Waals surface area contributed by atoms with E-state index >= 15 is 0 Å². The van der Waals surface area contributed by atoms with E-state index in [1.165, 1.54) is 6.07 Å². The Morgan fingerprint density at radius 2 is 2.18 bits per heavy atom. The SMILES string of the molecule is CCNc1nccn1CCc1ccccc1F. The van der Waals surface area contributed by atoms with E-state index in [0.29, 0.717) is 6.42 Å². The van der Waals surface area contributed by atoms with Gasteiger partial charge in [0.2, 0.25) is 5.95 Å². The normalized spacial score (nSPS) is 10.5. The molecule has 0 radical (unpaired) electrons. The predicted octanol–water partition coefficient (Wildman–Crippen LogP) is 2.70. The molecule has 1 N–H and O–H groups in total. The van der Waals surface area contributed by atoms with Crippen LogP contribution < -0.4 is 5.32 Å². The highest BCUT2D eigenvalue weighted by Gasteiger charge is 2.04. The Morgan fingerprint density at radius 1 is 1.35 bits per heavy atom. The van der Waals surface area contributed by atoms with Gasteiger partial charge in [0.15, 0.2) is 0 Å². The molecule has 3 nitrogen and oxygen atoms in total. The molecule has 17 heavy (non-hydrogen) atoms. The Hall–Kier alpha value is -1.84. The smallest absolute Gasteiger partial charge is 0.202 e. The van der Waals surface area contributed by atoms with Crippen LogP contribution in [-0.2, 0) is 13.0 Å². The Morgan fingerprint density at radius 3 is 2.94 bits per heavy atom. The lowest BCUT2D eigenvalue weighted by Crippen LogP contribution is -2.08. The van der Waals surface area contributed by atoms with E-state index in [9.17, 15) is 4.39 Å². The minimum absolute atomic E-state index is 0.141. The molecular formula is C13H16FN3. The van der Waals surface area contributed by atoms with E-state index < -0.39 is 0 Å². The van der Waals surface area contributed by atoms with E-state index in [4.69, 9.17) is 0 Å². The molecular weight excluding hydrogens is 217 g/mol. The number of benzene rings is 1. The van der Waals surface area contributed by atoms with Gasteiger partial charge < -0.3 is 9.88 Å². The number of nitrogens with zero attached hydrogens (tertiary/aromatic N) is 2. The van der Waals surface area contributed by atoms with Crippen molar-refractivity contribution in [2.24, 2.45) is 0 Å². The van der Waals surface area contributed by atoms with E-state index in [1.807, 2.05) is 29.8 Å². The maximum atomic E-state index is 13.4. The molecule has 2 aromatic rings. The molecule has 0 unspecified atom stereocenters. The zero-order valence-electron chi connectivity index (χ0n) is 9.86. The van der Waals surface area contributed by atoms with E-state index in [0.717, 1.165) is 24.6 Å². The van der Waals surface area contributed by atoms with Crippen LogP contribution in [0.3, 0.4) is 0 Å².